The molecule has 0 aliphatic carbocycles. The smallest absolute Gasteiger partial charge is 0.319 e. The van der Waals surface area contributed by atoms with E-state index >= 15 is 0 Å². The van der Waals surface area contributed by atoms with Crippen molar-refractivity contribution in [1.82, 2.24) is 24.6 Å². The fraction of sp³-hybridized carbons (Fsp3) is 0.286. The van der Waals surface area contributed by atoms with Gasteiger partial charge in [-0.15, -0.1) is 0 Å². The van der Waals surface area contributed by atoms with Crippen molar-refractivity contribution in [2.45, 2.75) is 26.2 Å². The molecule has 15 nitrogen and oxygen atoms in total. The van der Waals surface area contributed by atoms with Gasteiger partial charge in [0.15, 0.2) is 0 Å². The largest absolute Gasteiger partial charge is 0.322 e. The van der Waals surface area contributed by atoms with E-state index in [4.69, 9.17) is 4.98 Å². The van der Waals surface area contributed by atoms with Gasteiger partial charge in [-0.2, -0.15) is 0 Å². The number of nitro groups is 2. The third-order valence-electron chi connectivity index (χ3n) is 8.20. The average molecular weight is 682 g/mol. The standard InChI is InChI=1S/C35H39N9O6/c1-39-17-20-42(35(46)38-29-11-15-33(16-12-29)44(49)50)25-31-8-4-7-30(36-31)24-40(2)18-19-41(23-27-6-3-5-26(21-27)22-39)34(45)37-28-9-13-32(14-10-28)43(47)48/h3-16,21H,17-20,22-25H2,1-2H3,(H,37,45)(H,38,46). The second-order valence-corrected chi connectivity index (χ2v) is 12.2. The fourth-order valence-electron chi connectivity index (χ4n) is 5.52. The minimum absolute atomic E-state index is 0.0566. The maximum Gasteiger partial charge on any atom is 0.322 e. The highest BCUT2D eigenvalue weighted by atomic mass is 16.6. The van der Waals surface area contributed by atoms with Gasteiger partial charge >= 0.3 is 12.1 Å². The number of hydrogen-bond donors (Lipinski definition) is 2. The van der Waals surface area contributed by atoms with Crippen LogP contribution >= 0.6 is 0 Å². The highest BCUT2D eigenvalue weighted by Gasteiger charge is 2.20. The summed E-state index contributed by atoms with van der Waals surface area (Å²) in [6, 6.07) is 24.5. The second-order valence-electron chi connectivity index (χ2n) is 12.2. The molecule has 1 aliphatic rings. The second kappa shape index (κ2) is 16.5. The maximum atomic E-state index is 13.5. The van der Waals surface area contributed by atoms with Crippen molar-refractivity contribution in [1.29, 1.82) is 0 Å². The van der Waals surface area contributed by atoms with Gasteiger partial charge < -0.3 is 25.3 Å². The number of hydrogen-bond acceptors (Lipinski definition) is 9. The molecule has 3 aromatic carbocycles. The van der Waals surface area contributed by atoms with Crippen LogP contribution in [0.1, 0.15) is 22.5 Å². The van der Waals surface area contributed by atoms with E-state index < -0.39 is 9.85 Å². The summed E-state index contributed by atoms with van der Waals surface area (Å²) in [6.45, 7) is 3.55. The third-order valence-corrected chi connectivity index (χ3v) is 8.20. The number of benzene rings is 3. The molecule has 1 aliphatic heterocycles. The summed E-state index contributed by atoms with van der Waals surface area (Å²) < 4.78 is 0. The van der Waals surface area contributed by atoms with Crippen LogP contribution < -0.4 is 10.6 Å². The molecule has 4 aromatic rings. The Labute approximate surface area is 289 Å². The molecule has 0 saturated heterocycles. The minimum Gasteiger partial charge on any atom is -0.319 e. The number of rotatable bonds is 4. The lowest BCUT2D eigenvalue weighted by Gasteiger charge is -2.28. The predicted molar refractivity (Wildman–Crippen MR) is 188 cm³/mol. The highest BCUT2D eigenvalue weighted by Crippen LogP contribution is 2.19. The number of amides is 4. The van der Waals surface area contributed by atoms with E-state index in [1.165, 1.54) is 48.5 Å². The van der Waals surface area contributed by atoms with E-state index in [9.17, 15) is 29.8 Å². The summed E-state index contributed by atoms with van der Waals surface area (Å²) in [5, 5.41) is 27.9. The van der Waals surface area contributed by atoms with Crippen molar-refractivity contribution in [3.05, 3.63) is 134 Å². The minimum atomic E-state index is -0.487. The molecule has 260 valence electrons. The van der Waals surface area contributed by atoms with Crippen LogP contribution in [0.15, 0.2) is 91.0 Å². The van der Waals surface area contributed by atoms with Crippen molar-refractivity contribution in [2.24, 2.45) is 0 Å². The van der Waals surface area contributed by atoms with Crippen molar-refractivity contribution >= 4 is 34.8 Å². The summed E-state index contributed by atoms with van der Waals surface area (Å²) in [4.78, 5) is 60.6. The number of nitrogens with one attached hydrogen (secondary N) is 2. The molecule has 5 rings (SSSR count). The number of aromatic nitrogens is 1. The van der Waals surface area contributed by atoms with Crippen LogP contribution in [0.2, 0.25) is 0 Å². The molecule has 4 bridgehead atoms. The Morgan fingerprint density at radius 2 is 1.04 bits per heavy atom. The molecule has 2 heterocycles. The fourth-order valence-corrected chi connectivity index (χ4v) is 5.52. The lowest BCUT2D eigenvalue weighted by Crippen LogP contribution is -2.40. The monoisotopic (exact) mass is 681 g/mol. The van der Waals surface area contributed by atoms with Crippen LogP contribution in [-0.2, 0) is 26.2 Å². The molecular formula is C35H39N9O6. The van der Waals surface area contributed by atoms with Gasteiger partial charge in [-0.1, -0.05) is 30.3 Å². The number of carbonyl (C=O) groups excluding carboxylic acids is 2. The zero-order chi connectivity index (χ0) is 35.6. The number of fused-ring (bicyclic) bond motifs is 4. The SMILES string of the molecule is CN1CCN(C(=O)Nc2ccc([N+](=O)[O-])cc2)Cc2cccc(n2)CN(C)CCN(C(=O)Nc2ccc([N+](=O)[O-])cc2)Cc2cccc(c2)C1. The number of nitrogens with zero attached hydrogens (tertiary/aromatic N) is 7. The topological polar surface area (TPSA) is 170 Å². The number of likely N-dealkylation sites (N-methyl/N-ethyl adjacent to an activating group) is 2. The molecule has 2 N–H and O–H groups in total. The van der Waals surface area contributed by atoms with Gasteiger partial charge in [-0.25, -0.2) is 9.59 Å². The van der Waals surface area contributed by atoms with Crippen LogP contribution in [0, 0.1) is 20.2 Å². The molecular weight excluding hydrogens is 642 g/mol. The van der Waals surface area contributed by atoms with Gasteiger partial charge in [0, 0.05) is 81.5 Å². The quantitative estimate of drug-likeness (QED) is 0.207. The van der Waals surface area contributed by atoms with E-state index in [0.717, 1.165) is 16.8 Å². The van der Waals surface area contributed by atoms with Gasteiger partial charge in [0.2, 0.25) is 0 Å². The van der Waals surface area contributed by atoms with Crippen molar-refractivity contribution in [3.8, 4) is 0 Å². The number of urea groups is 2. The molecule has 0 saturated carbocycles. The Kier molecular flexibility index (Phi) is 11.6. The maximum absolute atomic E-state index is 13.5. The Morgan fingerprint density at radius 1 is 0.600 bits per heavy atom. The molecule has 0 fully saturated rings. The van der Waals surface area contributed by atoms with E-state index in [0.29, 0.717) is 62.9 Å². The van der Waals surface area contributed by atoms with Crippen LogP contribution in [0.3, 0.4) is 0 Å². The Bertz CT molecular complexity index is 1690. The molecule has 0 unspecified atom stereocenters. The van der Waals surface area contributed by atoms with Gasteiger partial charge in [0.1, 0.15) is 0 Å². The first-order chi connectivity index (χ1) is 24.0. The van der Waals surface area contributed by atoms with Gasteiger partial charge in [0.05, 0.1) is 27.8 Å². The predicted octanol–water partition coefficient (Wildman–Crippen LogP) is 5.54. The lowest BCUT2D eigenvalue weighted by atomic mass is 10.1. The molecule has 15 heteroatoms. The summed E-state index contributed by atoms with van der Waals surface area (Å²) >= 11 is 0. The van der Waals surface area contributed by atoms with Gasteiger partial charge in [-0.05, 0) is 61.6 Å². The van der Waals surface area contributed by atoms with E-state index in [-0.39, 0.29) is 30.0 Å². The molecule has 0 radical (unpaired) electrons. The van der Waals surface area contributed by atoms with Gasteiger partial charge in [0.25, 0.3) is 11.4 Å². The number of carbonyl (C=O) groups is 2. The summed E-state index contributed by atoms with van der Waals surface area (Å²) in [5.74, 6) is 0. The van der Waals surface area contributed by atoms with Crippen LogP contribution in [0.4, 0.5) is 32.3 Å². The molecule has 50 heavy (non-hydrogen) atoms. The van der Waals surface area contributed by atoms with E-state index in [1.807, 2.05) is 50.5 Å². The molecule has 0 atom stereocenters. The Morgan fingerprint density at radius 3 is 1.56 bits per heavy atom. The summed E-state index contributed by atoms with van der Waals surface area (Å²) in [5.41, 5.74) is 4.27. The van der Waals surface area contributed by atoms with Crippen molar-refractivity contribution in [2.75, 3.05) is 50.9 Å². The molecule has 0 spiro atoms. The lowest BCUT2D eigenvalue weighted by molar-refractivity contribution is -0.385. The van der Waals surface area contributed by atoms with Crippen molar-refractivity contribution < 1.29 is 19.4 Å². The highest BCUT2D eigenvalue weighted by molar-refractivity contribution is 5.90. The Balaban J connectivity index is 1.35. The first-order valence-electron chi connectivity index (χ1n) is 16.0. The van der Waals surface area contributed by atoms with Crippen LogP contribution in [-0.4, -0.2) is 86.8 Å². The van der Waals surface area contributed by atoms with E-state index in [1.54, 1.807) is 9.80 Å². The third kappa shape index (κ3) is 10.0. The van der Waals surface area contributed by atoms with Crippen LogP contribution in [0.5, 0.6) is 0 Å². The normalized spacial score (nSPS) is 15.0. The van der Waals surface area contributed by atoms with E-state index in [2.05, 4.69) is 26.5 Å². The summed E-state index contributed by atoms with van der Waals surface area (Å²) in [6.07, 6.45) is 0. The zero-order valence-corrected chi connectivity index (χ0v) is 27.9. The van der Waals surface area contributed by atoms with Crippen LogP contribution in [0.25, 0.3) is 0 Å². The average Bonchev–Trinajstić information content (AvgIpc) is 3.08. The number of non-ortho nitro benzene ring substituents is 2. The Hall–Kier alpha value is -5.93. The first kappa shape index (κ1) is 35.4. The zero-order valence-electron chi connectivity index (χ0n) is 27.9. The van der Waals surface area contributed by atoms with Gasteiger partial charge in [-0.3, -0.25) is 30.1 Å². The number of pyridine rings is 1. The number of nitro benzene ring substituents is 2. The summed E-state index contributed by atoms with van der Waals surface area (Å²) in [7, 11) is 3.91. The number of anilines is 2. The molecule has 4 amide bonds. The first-order valence-corrected chi connectivity index (χ1v) is 16.0. The molecule has 1 aromatic heterocycles. The van der Waals surface area contributed by atoms with Crippen molar-refractivity contribution in [3.63, 3.8) is 0 Å².